The number of benzene rings is 2. The number of alkyl halides is 1. The van der Waals surface area contributed by atoms with Crippen molar-refractivity contribution in [3.63, 3.8) is 0 Å². The number of nitrogens with one attached hydrogen (secondary N) is 2. The number of aromatic amines is 1. The molecule has 5 aromatic rings. The van der Waals surface area contributed by atoms with Crippen LogP contribution in [0.3, 0.4) is 0 Å². The van der Waals surface area contributed by atoms with Crippen molar-refractivity contribution in [3.05, 3.63) is 101 Å². The number of anilines is 3. The van der Waals surface area contributed by atoms with Gasteiger partial charge in [0.05, 0.1) is 11.7 Å². The van der Waals surface area contributed by atoms with E-state index in [4.69, 9.17) is 23.8 Å². The Morgan fingerprint density at radius 3 is 2.76 bits per heavy atom. The molecule has 0 radical (unpaired) electrons. The van der Waals surface area contributed by atoms with Gasteiger partial charge in [-0.2, -0.15) is 0 Å². The van der Waals surface area contributed by atoms with Gasteiger partial charge in [0, 0.05) is 46.6 Å². The number of hydrogen-bond donors (Lipinski definition) is 2. The summed E-state index contributed by atoms with van der Waals surface area (Å²) in [7, 11) is 0. The summed E-state index contributed by atoms with van der Waals surface area (Å²) in [5.74, 6) is 0.277. The first-order valence-corrected chi connectivity index (χ1v) is 12.5. The summed E-state index contributed by atoms with van der Waals surface area (Å²) in [5, 5.41) is 3.61. The zero-order valence-electron chi connectivity index (χ0n) is 19.7. The van der Waals surface area contributed by atoms with E-state index >= 15 is 0 Å². The van der Waals surface area contributed by atoms with Crippen molar-refractivity contribution in [3.8, 4) is 11.3 Å². The Morgan fingerprint density at radius 2 is 1.92 bits per heavy atom. The van der Waals surface area contributed by atoms with Crippen LogP contribution in [0.15, 0.2) is 85.3 Å². The SMILES string of the molecule is Cc1ccc(N2C(=O)C(Cl)C2c2cc3ccccc3[nH]c2=S)cc1Nc1nccc(-c2cccnc2)n1. The van der Waals surface area contributed by atoms with Crippen LogP contribution >= 0.6 is 23.8 Å². The Balaban J connectivity index is 1.34. The number of amides is 1. The maximum Gasteiger partial charge on any atom is 0.248 e. The number of halogens is 1. The average Bonchev–Trinajstić information content (AvgIpc) is 2.93. The molecule has 0 saturated carbocycles. The third kappa shape index (κ3) is 4.24. The quantitative estimate of drug-likeness (QED) is 0.155. The standard InChI is InChI=1S/C28H21ClN6OS/c1-16-8-9-19(14-23(16)34-28-31-12-10-22(33-28)18-6-4-11-30-15-18)35-25(24(29)27(35)36)20-13-17-5-2-3-7-21(17)32-26(20)37/h2-15,24-25H,1H3,(H,32,37)(H,31,33,34). The summed E-state index contributed by atoms with van der Waals surface area (Å²) in [6.45, 7) is 1.98. The molecule has 9 heteroatoms. The van der Waals surface area contributed by atoms with Crippen LogP contribution < -0.4 is 10.2 Å². The van der Waals surface area contributed by atoms with E-state index in [0.29, 0.717) is 16.3 Å². The van der Waals surface area contributed by atoms with Gasteiger partial charge in [-0.1, -0.05) is 36.5 Å². The minimum Gasteiger partial charge on any atom is -0.346 e. The first-order valence-electron chi connectivity index (χ1n) is 11.7. The molecule has 2 aromatic carbocycles. The number of aryl methyl sites for hydroxylation is 1. The molecule has 3 aromatic heterocycles. The molecule has 37 heavy (non-hydrogen) atoms. The van der Waals surface area contributed by atoms with Crippen molar-refractivity contribution >= 4 is 58.0 Å². The summed E-state index contributed by atoms with van der Waals surface area (Å²) >= 11 is 12.2. The van der Waals surface area contributed by atoms with Gasteiger partial charge in [-0.15, -0.1) is 11.6 Å². The number of carbonyl (C=O) groups is 1. The highest BCUT2D eigenvalue weighted by Gasteiger charge is 2.48. The van der Waals surface area contributed by atoms with Crippen LogP contribution in [0, 0.1) is 11.6 Å². The number of fused-ring (bicyclic) bond motifs is 1. The fourth-order valence-corrected chi connectivity index (χ4v) is 5.17. The van der Waals surface area contributed by atoms with Crippen LogP contribution in [-0.2, 0) is 4.79 Å². The van der Waals surface area contributed by atoms with E-state index in [-0.39, 0.29) is 11.9 Å². The Morgan fingerprint density at radius 1 is 1.05 bits per heavy atom. The van der Waals surface area contributed by atoms with Crippen LogP contribution in [0.2, 0.25) is 0 Å². The molecule has 182 valence electrons. The first-order chi connectivity index (χ1) is 18.0. The molecule has 1 saturated heterocycles. The molecule has 0 bridgehead atoms. The monoisotopic (exact) mass is 524 g/mol. The van der Waals surface area contributed by atoms with Crippen molar-refractivity contribution in [2.45, 2.75) is 18.3 Å². The van der Waals surface area contributed by atoms with Gasteiger partial charge >= 0.3 is 0 Å². The lowest BCUT2D eigenvalue weighted by Gasteiger charge is -2.44. The highest BCUT2D eigenvalue weighted by Crippen LogP contribution is 2.44. The summed E-state index contributed by atoms with van der Waals surface area (Å²) in [4.78, 5) is 31.1. The van der Waals surface area contributed by atoms with Crippen molar-refractivity contribution in [2.24, 2.45) is 0 Å². The van der Waals surface area contributed by atoms with Gasteiger partial charge in [-0.3, -0.25) is 9.78 Å². The molecule has 0 aliphatic carbocycles. The Hall–Kier alpha value is -4.14. The van der Waals surface area contributed by atoms with E-state index in [2.05, 4.69) is 25.3 Å². The fraction of sp³-hybridized carbons (Fsp3) is 0.107. The molecule has 7 nitrogen and oxygen atoms in total. The van der Waals surface area contributed by atoms with E-state index < -0.39 is 5.38 Å². The van der Waals surface area contributed by atoms with Gasteiger partial charge in [-0.05, 0) is 60.3 Å². The van der Waals surface area contributed by atoms with Crippen molar-refractivity contribution in [1.29, 1.82) is 0 Å². The van der Waals surface area contributed by atoms with E-state index in [0.717, 1.165) is 39.0 Å². The predicted molar refractivity (Wildman–Crippen MR) is 149 cm³/mol. The molecular weight excluding hydrogens is 504 g/mol. The summed E-state index contributed by atoms with van der Waals surface area (Å²) in [6.07, 6.45) is 5.18. The molecule has 4 heterocycles. The highest BCUT2D eigenvalue weighted by molar-refractivity contribution is 7.71. The number of nitrogens with zero attached hydrogens (tertiary/aromatic N) is 4. The number of H-pyrrole nitrogens is 1. The number of β-lactam (4-membered cyclic amide) rings is 1. The molecular formula is C28H21ClN6OS. The second-order valence-corrected chi connectivity index (χ2v) is 9.71. The van der Waals surface area contributed by atoms with Crippen LogP contribution in [0.4, 0.5) is 17.3 Å². The minimum absolute atomic E-state index is 0.168. The highest BCUT2D eigenvalue weighted by atomic mass is 35.5. The molecule has 2 atom stereocenters. The molecule has 1 aliphatic rings. The van der Waals surface area contributed by atoms with Crippen LogP contribution in [0.5, 0.6) is 0 Å². The van der Waals surface area contributed by atoms with E-state index in [9.17, 15) is 4.79 Å². The molecule has 6 rings (SSSR count). The number of para-hydroxylation sites is 1. The second kappa shape index (κ2) is 9.38. The van der Waals surface area contributed by atoms with Crippen molar-refractivity contribution in [2.75, 3.05) is 10.2 Å². The fourth-order valence-electron chi connectivity index (χ4n) is 4.53. The lowest BCUT2D eigenvalue weighted by molar-refractivity contribution is -0.123. The molecule has 1 fully saturated rings. The third-order valence-electron chi connectivity index (χ3n) is 6.49. The van der Waals surface area contributed by atoms with Crippen molar-refractivity contribution in [1.82, 2.24) is 19.9 Å². The number of pyridine rings is 2. The normalized spacial score (nSPS) is 17.0. The molecule has 1 aliphatic heterocycles. The number of rotatable bonds is 5. The Labute approximate surface area is 223 Å². The average molecular weight is 525 g/mol. The predicted octanol–water partition coefficient (Wildman–Crippen LogP) is 6.50. The van der Waals surface area contributed by atoms with Gasteiger partial charge in [0.2, 0.25) is 11.9 Å². The summed E-state index contributed by atoms with van der Waals surface area (Å²) in [5.41, 5.74) is 5.89. The summed E-state index contributed by atoms with van der Waals surface area (Å²) in [6, 6.07) is 20.9. The Bertz CT molecular complexity index is 1710. The largest absolute Gasteiger partial charge is 0.346 e. The maximum absolute atomic E-state index is 13.0. The van der Waals surface area contributed by atoms with E-state index in [1.54, 1.807) is 23.5 Å². The number of carbonyl (C=O) groups excluding carboxylic acids is 1. The van der Waals surface area contributed by atoms with Gasteiger partial charge in [0.1, 0.15) is 10.0 Å². The third-order valence-corrected chi connectivity index (χ3v) is 7.25. The summed E-state index contributed by atoms with van der Waals surface area (Å²) < 4.78 is 0.568. The molecule has 2 N–H and O–H groups in total. The smallest absolute Gasteiger partial charge is 0.248 e. The second-order valence-electron chi connectivity index (χ2n) is 8.83. The van der Waals surface area contributed by atoms with Crippen LogP contribution in [0.1, 0.15) is 17.2 Å². The van der Waals surface area contributed by atoms with Gasteiger partial charge < -0.3 is 15.2 Å². The van der Waals surface area contributed by atoms with Crippen LogP contribution in [-0.4, -0.2) is 31.2 Å². The lowest BCUT2D eigenvalue weighted by Crippen LogP contribution is -2.56. The van der Waals surface area contributed by atoms with E-state index in [1.165, 1.54) is 0 Å². The topological polar surface area (TPSA) is 86.8 Å². The van der Waals surface area contributed by atoms with E-state index in [1.807, 2.05) is 73.7 Å². The maximum atomic E-state index is 13.0. The molecule has 2 unspecified atom stereocenters. The van der Waals surface area contributed by atoms with Crippen molar-refractivity contribution < 1.29 is 4.79 Å². The lowest BCUT2D eigenvalue weighted by atomic mass is 9.92. The van der Waals surface area contributed by atoms with Crippen LogP contribution in [0.25, 0.3) is 22.2 Å². The first kappa shape index (κ1) is 23.3. The number of hydrogen-bond acceptors (Lipinski definition) is 6. The Kier molecular flexibility index (Phi) is 5.90. The minimum atomic E-state index is -0.700. The van der Waals surface area contributed by atoms with Gasteiger partial charge in [0.15, 0.2) is 0 Å². The zero-order chi connectivity index (χ0) is 25.5. The zero-order valence-corrected chi connectivity index (χ0v) is 21.3. The molecule has 1 amide bonds. The molecule has 0 spiro atoms. The van der Waals surface area contributed by atoms with Gasteiger partial charge in [0.25, 0.3) is 0 Å². The van der Waals surface area contributed by atoms with Gasteiger partial charge in [-0.25, -0.2) is 9.97 Å². The number of aromatic nitrogens is 4.